The molecule has 13 heteroatoms. The van der Waals surface area contributed by atoms with Gasteiger partial charge in [0.2, 0.25) is 0 Å². The molecule has 0 spiro atoms. The van der Waals surface area contributed by atoms with E-state index < -0.39 is 29.6 Å². The molecule has 0 unspecified atom stereocenters. The Morgan fingerprint density at radius 2 is 1.84 bits per heavy atom. The van der Waals surface area contributed by atoms with Gasteiger partial charge in [0, 0.05) is 42.8 Å². The summed E-state index contributed by atoms with van der Waals surface area (Å²) >= 11 is 0. The summed E-state index contributed by atoms with van der Waals surface area (Å²) in [5.74, 6) is -1.71. The first-order chi connectivity index (χ1) is 21.6. The number of likely N-dealkylation sites (N-methyl/N-ethyl adjacent to an activating group) is 1. The molecule has 2 atom stereocenters. The maximum atomic E-state index is 14.4. The van der Waals surface area contributed by atoms with Crippen LogP contribution in [0.25, 0.3) is 0 Å². The molecule has 10 nitrogen and oxygen atoms in total. The number of amides is 3. The number of nitriles is 1. The van der Waals surface area contributed by atoms with Crippen molar-refractivity contribution in [2.75, 3.05) is 31.2 Å². The van der Waals surface area contributed by atoms with Gasteiger partial charge in [-0.25, -0.2) is 4.68 Å². The second kappa shape index (κ2) is 12.5. The lowest BCUT2D eigenvalue weighted by Gasteiger charge is -2.41. The number of nitrogens with zero attached hydrogens (tertiary/aromatic N) is 5. The van der Waals surface area contributed by atoms with Crippen molar-refractivity contribution in [2.24, 2.45) is 5.92 Å². The van der Waals surface area contributed by atoms with Crippen molar-refractivity contribution in [3.05, 3.63) is 46.6 Å². The number of rotatable bonds is 8. The molecular formula is C32H37F3N6O4. The van der Waals surface area contributed by atoms with E-state index in [1.165, 1.54) is 12.1 Å². The summed E-state index contributed by atoms with van der Waals surface area (Å²) in [5, 5.41) is 17.3. The van der Waals surface area contributed by atoms with E-state index >= 15 is 0 Å². The van der Waals surface area contributed by atoms with Gasteiger partial charge in [0.25, 0.3) is 17.7 Å². The third-order valence-electron chi connectivity index (χ3n) is 9.59. The van der Waals surface area contributed by atoms with Crippen molar-refractivity contribution in [1.29, 1.82) is 5.26 Å². The summed E-state index contributed by atoms with van der Waals surface area (Å²) in [6.07, 6.45) is 1.58. The van der Waals surface area contributed by atoms with Crippen LogP contribution in [0.5, 0.6) is 0 Å². The van der Waals surface area contributed by atoms with Crippen LogP contribution >= 0.6 is 0 Å². The maximum Gasteiger partial charge on any atom is 0.416 e. The number of alkyl halides is 3. The number of carbonyl (C=O) groups is 3. The summed E-state index contributed by atoms with van der Waals surface area (Å²) in [6, 6.07) is 4.94. The molecular weight excluding hydrogens is 589 g/mol. The molecule has 1 aromatic carbocycles. The Morgan fingerprint density at radius 1 is 1.13 bits per heavy atom. The third kappa shape index (κ3) is 5.92. The number of hydrogen-bond acceptors (Lipinski definition) is 6. The van der Waals surface area contributed by atoms with Gasteiger partial charge < -0.3 is 15.0 Å². The lowest BCUT2D eigenvalue weighted by Crippen LogP contribution is -2.57. The minimum atomic E-state index is -4.64. The Kier molecular flexibility index (Phi) is 8.61. The van der Waals surface area contributed by atoms with Crippen LogP contribution in [0.15, 0.2) is 24.3 Å². The first kappa shape index (κ1) is 31.1. The molecule has 3 fully saturated rings. The van der Waals surface area contributed by atoms with Crippen LogP contribution < -0.4 is 10.2 Å². The van der Waals surface area contributed by atoms with Gasteiger partial charge >= 0.3 is 6.18 Å². The molecule has 1 saturated heterocycles. The van der Waals surface area contributed by atoms with E-state index in [9.17, 15) is 32.8 Å². The van der Waals surface area contributed by atoms with Crippen molar-refractivity contribution >= 4 is 23.5 Å². The molecule has 240 valence electrons. The lowest BCUT2D eigenvalue weighted by molar-refractivity contribution is -0.137. The molecule has 0 radical (unpaired) electrons. The van der Waals surface area contributed by atoms with Crippen LogP contribution in [0.2, 0.25) is 0 Å². The van der Waals surface area contributed by atoms with E-state index in [0.717, 1.165) is 50.7 Å². The van der Waals surface area contributed by atoms with Crippen LogP contribution in [0.4, 0.5) is 19.0 Å². The molecule has 1 aromatic heterocycles. The van der Waals surface area contributed by atoms with Crippen LogP contribution in [-0.2, 0) is 15.7 Å². The highest BCUT2D eigenvalue weighted by atomic mass is 19.4. The summed E-state index contributed by atoms with van der Waals surface area (Å²) in [4.78, 5) is 45.3. The molecule has 3 amide bonds. The fourth-order valence-electron chi connectivity index (χ4n) is 7.26. The van der Waals surface area contributed by atoms with Crippen molar-refractivity contribution < 1.29 is 32.3 Å². The van der Waals surface area contributed by atoms with E-state index in [1.807, 2.05) is 0 Å². The number of benzene rings is 1. The maximum absolute atomic E-state index is 14.4. The monoisotopic (exact) mass is 626 g/mol. The number of nitrogens with one attached hydrogen (secondary N) is 1. The summed E-state index contributed by atoms with van der Waals surface area (Å²) < 4.78 is 47.8. The smallest absolute Gasteiger partial charge is 0.381 e. The fraction of sp³-hybridized carbons (Fsp3) is 0.594. The van der Waals surface area contributed by atoms with Gasteiger partial charge in [0.15, 0.2) is 5.69 Å². The fourth-order valence-corrected chi connectivity index (χ4v) is 7.26. The van der Waals surface area contributed by atoms with Gasteiger partial charge in [-0.3, -0.25) is 19.3 Å². The highest BCUT2D eigenvalue weighted by Gasteiger charge is 2.51. The zero-order valence-electron chi connectivity index (χ0n) is 25.2. The van der Waals surface area contributed by atoms with Crippen LogP contribution in [0.3, 0.4) is 0 Å². The normalized spacial score (nSPS) is 22.6. The molecule has 3 heterocycles. The number of hydrogen-bond donors (Lipinski definition) is 1. The molecule has 2 aromatic rings. The van der Waals surface area contributed by atoms with Crippen molar-refractivity contribution in [2.45, 2.75) is 88.5 Å². The number of fused-ring (bicyclic) bond motifs is 1. The Labute approximate surface area is 259 Å². The number of aromatic nitrogens is 2. The zero-order chi connectivity index (χ0) is 31.9. The van der Waals surface area contributed by atoms with Crippen LogP contribution in [0, 0.1) is 17.2 Å². The Balaban J connectivity index is 1.48. The van der Waals surface area contributed by atoms with Gasteiger partial charge in [-0.05, 0) is 69.6 Å². The predicted molar refractivity (Wildman–Crippen MR) is 156 cm³/mol. The minimum Gasteiger partial charge on any atom is -0.381 e. The molecule has 2 aliphatic carbocycles. The molecule has 4 aliphatic rings. The van der Waals surface area contributed by atoms with Gasteiger partial charge in [0.1, 0.15) is 18.4 Å². The van der Waals surface area contributed by atoms with E-state index in [-0.39, 0.29) is 54.2 Å². The van der Waals surface area contributed by atoms with Crippen LogP contribution in [-0.4, -0.2) is 70.8 Å². The minimum absolute atomic E-state index is 0.0603. The molecule has 0 bridgehead atoms. The number of anilines is 1. The quantitative estimate of drug-likeness (QED) is 0.420. The average molecular weight is 627 g/mol. The number of halogens is 3. The second-order valence-corrected chi connectivity index (χ2v) is 12.4. The van der Waals surface area contributed by atoms with Gasteiger partial charge in [-0.15, -0.1) is 0 Å². The van der Waals surface area contributed by atoms with Crippen molar-refractivity contribution in [3.63, 3.8) is 0 Å². The Bertz CT molecular complexity index is 1500. The van der Waals surface area contributed by atoms with E-state index in [4.69, 9.17) is 9.84 Å². The lowest BCUT2D eigenvalue weighted by atomic mass is 9.76. The molecule has 1 N–H and O–H groups in total. The van der Waals surface area contributed by atoms with Crippen LogP contribution in [0.1, 0.15) is 102 Å². The first-order valence-corrected chi connectivity index (χ1v) is 15.8. The van der Waals surface area contributed by atoms with E-state index in [0.29, 0.717) is 37.4 Å². The Hall–Kier alpha value is -3.92. The third-order valence-corrected chi connectivity index (χ3v) is 9.59. The highest BCUT2D eigenvalue weighted by molar-refractivity contribution is 6.07. The van der Waals surface area contributed by atoms with Gasteiger partial charge in [-0.2, -0.15) is 23.5 Å². The molecule has 2 aliphatic heterocycles. The zero-order valence-corrected chi connectivity index (χ0v) is 25.2. The highest BCUT2D eigenvalue weighted by Crippen LogP contribution is 2.49. The molecule has 2 saturated carbocycles. The Morgan fingerprint density at radius 3 is 2.47 bits per heavy atom. The number of carbonyl (C=O) groups excluding carboxylic acids is 3. The first-order valence-electron chi connectivity index (χ1n) is 15.8. The largest absolute Gasteiger partial charge is 0.416 e. The predicted octanol–water partition coefficient (Wildman–Crippen LogP) is 4.82. The average Bonchev–Trinajstić information content (AvgIpc) is 3.58. The summed E-state index contributed by atoms with van der Waals surface area (Å²) in [5.41, 5.74) is -0.407. The SMILES string of the molecule is CCN1C(=O)[C@@H](NC(=O)c2cccc(C(F)(F)F)c2)[C@@H](C2CCCC2)c2c(C(=O)N(CC#N)C3CC3)nn(C3CCOCC3)c21. The van der Waals surface area contributed by atoms with E-state index in [2.05, 4.69) is 11.4 Å². The summed E-state index contributed by atoms with van der Waals surface area (Å²) in [6.45, 7) is 2.95. The molecule has 6 rings (SSSR count). The van der Waals surface area contributed by atoms with Gasteiger partial charge in [0.05, 0.1) is 17.7 Å². The number of ether oxygens (including phenoxy) is 1. The summed E-state index contributed by atoms with van der Waals surface area (Å²) in [7, 11) is 0. The topological polar surface area (TPSA) is 121 Å². The standard InChI is InChI=1S/C32H37F3N6O4/c1-2-39-29-25(27(31(44)40(15-14-36)22-10-11-22)38-41(29)23-12-16-45-17-13-23)24(19-6-3-4-7-19)26(30(39)43)37-28(42)20-8-5-9-21(18-20)32(33,34)35/h5,8-9,18-19,22-24,26H,2-4,6-7,10-13,15-17H2,1H3,(H,37,42)/t24-,26-/m0/s1. The van der Waals surface area contributed by atoms with E-state index in [1.54, 1.807) is 21.4 Å². The second-order valence-electron chi connectivity index (χ2n) is 12.4. The van der Waals surface area contributed by atoms with Gasteiger partial charge in [-0.1, -0.05) is 18.9 Å². The molecule has 45 heavy (non-hydrogen) atoms. The van der Waals surface area contributed by atoms with Crippen molar-refractivity contribution in [1.82, 2.24) is 20.0 Å². The van der Waals surface area contributed by atoms with Crippen molar-refractivity contribution in [3.8, 4) is 6.07 Å².